The van der Waals surface area contributed by atoms with Crippen LogP contribution in [0.3, 0.4) is 0 Å². The predicted molar refractivity (Wildman–Crippen MR) is 66.5 cm³/mol. The Hall–Kier alpha value is -0.570. The minimum atomic E-state index is 0.840. The van der Waals surface area contributed by atoms with Crippen LogP contribution in [0.15, 0.2) is 24.3 Å². The molecule has 0 radical (unpaired) electrons. The van der Waals surface area contributed by atoms with E-state index in [1.807, 2.05) is 12.1 Å². The van der Waals surface area contributed by atoms with Crippen LogP contribution in [0.4, 0.5) is 0 Å². The average Bonchev–Trinajstić information content (AvgIpc) is 2.34. The molecule has 0 unspecified atom stereocenters. The standard InChI is InChI=1S/C13H18ClN2/c14-13-3-1-12(2-4-13)11-16-8-5-15(6-9-16)7-10-16/h1-4H,5-11H2/q+1. The lowest BCUT2D eigenvalue weighted by molar-refractivity contribution is -0.953. The molecule has 0 saturated carbocycles. The SMILES string of the molecule is Clc1ccc(C[N+]23CCN(CC2)CC3)cc1. The Morgan fingerprint density at radius 2 is 1.56 bits per heavy atom. The van der Waals surface area contributed by atoms with E-state index >= 15 is 0 Å². The van der Waals surface area contributed by atoms with Crippen LogP contribution in [0, 0.1) is 0 Å². The summed E-state index contributed by atoms with van der Waals surface area (Å²) in [4.78, 5) is 2.59. The van der Waals surface area contributed by atoms with Crippen molar-refractivity contribution >= 4 is 11.6 Å². The molecule has 3 heteroatoms. The second kappa shape index (κ2) is 4.02. The Bertz CT molecular complexity index is 352. The molecule has 3 heterocycles. The first kappa shape index (κ1) is 10.6. The molecule has 3 aliphatic heterocycles. The van der Waals surface area contributed by atoms with Crippen molar-refractivity contribution in [1.82, 2.24) is 4.90 Å². The van der Waals surface area contributed by atoms with Crippen LogP contribution >= 0.6 is 11.6 Å². The summed E-state index contributed by atoms with van der Waals surface area (Å²) in [5, 5.41) is 0.840. The van der Waals surface area contributed by atoms with Gasteiger partial charge in [-0.15, -0.1) is 0 Å². The highest BCUT2D eigenvalue weighted by Crippen LogP contribution is 2.23. The molecular weight excluding hydrogens is 220 g/mol. The van der Waals surface area contributed by atoms with Gasteiger partial charge in [0.25, 0.3) is 0 Å². The molecule has 4 rings (SSSR count). The third kappa shape index (κ3) is 1.97. The molecule has 0 amide bonds. The van der Waals surface area contributed by atoms with Crippen molar-refractivity contribution in [2.45, 2.75) is 6.54 Å². The van der Waals surface area contributed by atoms with Crippen LogP contribution in [0.5, 0.6) is 0 Å². The van der Waals surface area contributed by atoms with E-state index in [2.05, 4.69) is 17.0 Å². The van der Waals surface area contributed by atoms with Crippen LogP contribution in [-0.2, 0) is 6.54 Å². The summed E-state index contributed by atoms with van der Waals surface area (Å²) in [7, 11) is 0. The topological polar surface area (TPSA) is 3.24 Å². The summed E-state index contributed by atoms with van der Waals surface area (Å²) in [5.41, 5.74) is 1.43. The second-order valence-electron chi connectivity index (χ2n) is 5.14. The summed E-state index contributed by atoms with van der Waals surface area (Å²) in [6.45, 7) is 9.01. The van der Waals surface area contributed by atoms with Gasteiger partial charge in [0.05, 0.1) is 19.6 Å². The summed E-state index contributed by atoms with van der Waals surface area (Å²) in [6.07, 6.45) is 0. The molecule has 86 valence electrons. The van der Waals surface area contributed by atoms with Gasteiger partial charge in [0.2, 0.25) is 0 Å². The molecule has 3 aliphatic rings. The van der Waals surface area contributed by atoms with Gasteiger partial charge >= 0.3 is 0 Å². The highest BCUT2D eigenvalue weighted by molar-refractivity contribution is 6.30. The lowest BCUT2D eigenvalue weighted by atomic mass is 10.1. The van der Waals surface area contributed by atoms with E-state index in [4.69, 9.17) is 11.6 Å². The fraction of sp³-hybridized carbons (Fsp3) is 0.538. The van der Waals surface area contributed by atoms with Crippen LogP contribution in [0.25, 0.3) is 0 Å². The van der Waals surface area contributed by atoms with Crippen molar-refractivity contribution in [3.8, 4) is 0 Å². The van der Waals surface area contributed by atoms with Crippen molar-refractivity contribution in [2.24, 2.45) is 0 Å². The maximum atomic E-state index is 5.92. The average molecular weight is 238 g/mol. The molecule has 0 N–H and O–H groups in total. The van der Waals surface area contributed by atoms with Crippen LogP contribution in [-0.4, -0.2) is 48.7 Å². The van der Waals surface area contributed by atoms with E-state index in [0.717, 1.165) is 5.02 Å². The number of benzene rings is 1. The Kier molecular flexibility index (Phi) is 2.66. The predicted octanol–water partition coefficient (Wildman–Crippen LogP) is 1.99. The third-order valence-electron chi connectivity index (χ3n) is 4.10. The Morgan fingerprint density at radius 1 is 1.00 bits per heavy atom. The fourth-order valence-corrected chi connectivity index (χ4v) is 3.07. The van der Waals surface area contributed by atoms with E-state index in [1.165, 1.54) is 55.9 Å². The Balaban J connectivity index is 1.75. The molecule has 0 atom stereocenters. The van der Waals surface area contributed by atoms with E-state index in [-0.39, 0.29) is 0 Å². The van der Waals surface area contributed by atoms with E-state index < -0.39 is 0 Å². The Morgan fingerprint density at radius 3 is 2.12 bits per heavy atom. The molecule has 0 aliphatic carbocycles. The minimum absolute atomic E-state index is 0.840. The number of hydrogen-bond donors (Lipinski definition) is 0. The number of quaternary nitrogens is 1. The number of halogens is 1. The van der Waals surface area contributed by atoms with Crippen molar-refractivity contribution < 1.29 is 4.48 Å². The van der Waals surface area contributed by atoms with Gasteiger partial charge in [-0.2, -0.15) is 0 Å². The molecule has 0 aromatic heterocycles. The third-order valence-corrected chi connectivity index (χ3v) is 4.35. The van der Waals surface area contributed by atoms with E-state index in [1.54, 1.807) is 0 Å². The van der Waals surface area contributed by atoms with E-state index in [0.29, 0.717) is 0 Å². The molecule has 3 fully saturated rings. The fourth-order valence-electron chi connectivity index (χ4n) is 2.95. The van der Waals surface area contributed by atoms with Crippen molar-refractivity contribution in [3.05, 3.63) is 34.9 Å². The number of fused-ring (bicyclic) bond motifs is 3. The molecular formula is C13H18ClN2+. The lowest BCUT2D eigenvalue weighted by Crippen LogP contribution is -2.66. The van der Waals surface area contributed by atoms with Crippen LogP contribution < -0.4 is 0 Å². The van der Waals surface area contributed by atoms with Gasteiger partial charge < -0.3 is 4.48 Å². The molecule has 16 heavy (non-hydrogen) atoms. The first-order chi connectivity index (χ1) is 7.76. The van der Waals surface area contributed by atoms with Crippen molar-refractivity contribution in [3.63, 3.8) is 0 Å². The van der Waals surface area contributed by atoms with Crippen molar-refractivity contribution in [1.29, 1.82) is 0 Å². The summed E-state index contributed by atoms with van der Waals surface area (Å²) < 4.78 is 1.29. The maximum Gasteiger partial charge on any atom is 0.104 e. The zero-order chi connectivity index (χ0) is 11.0. The Labute approximate surface area is 102 Å². The van der Waals surface area contributed by atoms with Crippen LogP contribution in [0.2, 0.25) is 5.02 Å². The molecule has 2 bridgehead atoms. The normalized spacial score (nSPS) is 32.9. The highest BCUT2D eigenvalue weighted by atomic mass is 35.5. The lowest BCUT2D eigenvalue weighted by Gasteiger charge is -2.50. The summed E-state index contributed by atoms with van der Waals surface area (Å²) >= 11 is 5.92. The first-order valence-electron chi connectivity index (χ1n) is 6.08. The smallest absolute Gasteiger partial charge is 0.104 e. The van der Waals surface area contributed by atoms with Gasteiger partial charge in [-0.1, -0.05) is 23.7 Å². The van der Waals surface area contributed by atoms with Gasteiger partial charge in [0, 0.05) is 30.2 Å². The summed E-state index contributed by atoms with van der Waals surface area (Å²) in [5.74, 6) is 0. The van der Waals surface area contributed by atoms with Gasteiger partial charge in [0.15, 0.2) is 0 Å². The number of rotatable bonds is 2. The molecule has 1 aromatic carbocycles. The van der Waals surface area contributed by atoms with Crippen LogP contribution in [0.1, 0.15) is 5.56 Å². The molecule has 3 saturated heterocycles. The zero-order valence-corrected chi connectivity index (χ0v) is 10.3. The van der Waals surface area contributed by atoms with Gasteiger partial charge in [-0.3, -0.25) is 4.90 Å². The van der Waals surface area contributed by atoms with Gasteiger partial charge in [-0.05, 0) is 12.1 Å². The summed E-state index contributed by atoms with van der Waals surface area (Å²) in [6, 6.07) is 8.37. The molecule has 2 nitrogen and oxygen atoms in total. The second-order valence-corrected chi connectivity index (χ2v) is 5.58. The van der Waals surface area contributed by atoms with Crippen molar-refractivity contribution in [2.75, 3.05) is 39.3 Å². The van der Waals surface area contributed by atoms with Gasteiger partial charge in [0.1, 0.15) is 6.54 Å². The van der Waals surface area contributed by atoms with Gasteiger partial charge in [-0.25, -0.2) is 0 Å². The zero-order valence-electron chi connectivity index (χ0n) is 9.53. The quantitative estimate of drug-likeness (QED) is 0.712. The highest BCUT2D eigenvalue weighted by Gasteiger charge is 2.38. The number of hydrogen-bond acceptors (Lipinski definition) is 1. The monoisotopic (exact) mass is 237 g/mol. The molecule has 1 aromatic rings. The number of nitrogens with zero attached hydrogens (tertiary/aromatic N) is 2. The first-order valence-corrected chi connectivity index (χ1v) is 6.46. The maximum absolute atomic E-state index is 5.92. The van der Waals surface area contributed by atoms with E-state index in [9.17, 15) is 0 Å². The number of piperazine rings is 3. The largest absolute Gasteiger partial charge is 0.317 e. The minimum Gasteiger partial charge on any atom is -0.317 e. The molecule has 0 spiro atoms.